The highest BCUT2D eigenvalue weighted by atomic mass is 16.3. The number of rotatable bonds is 3. The van der Waals surface area contributed by atoms with Gasteiger partial charge in [-0.3, -0.25) is 0 Å². The highest BCUT2D eigenvalue weighted by Gasteiger charge is 2.23. The van der Waals surface area contributed by atoms with E-state index in [0.717, 1.165) is 25.8 Å². The molecule has 0 spiro atoms. The van der Waals surface area contributed by atoms with Gasteiger partial charge in [-0.2, -0.15) is 0 Å². The number of benzene rings is 1. The maximum Gasteiger partial charge on any atom is 0.319 e. The van der Waals surface area contributed by atoms with E-state index in [1.165, 1.54) is 13.1 Å². The van der Waals surface area contributed by atoms with Gasteiger partial charge in [0.2, 0.25) is 0 Å². The summed E-state index contributed by atoms with van der Waals surface area (Å²) >= 11 is 0. The smallest absolute Gasteiger partial charge is 0.319 e. The van der Waals surface area contributed by atoms with Crippen LogP contribution in [0.25, 0.3) is 0 Å². The molecule has 0 aliphatic carbocycles. The number of carbonyl (C=O) groups is 1. The first-order valence-electron chi connectivity index (χ1n) is 6.85. The van der Waals surface area contributed by atoms with Crippen LogP contribution in [0.5, 0.6) is 5.75 Å². The summed E-state index contributed by atoms with van der Waals surface area (Å²) in [5.41, 5.74) is 0.963. The SMILES string of the molecule is CNC(=O)Nc1cc(C(O)C2CCCCN2)ccc1O. The van der Waals surface area contributed by atoms with Gasteiger partial charge in [0.25, 0.3) is 0 Å². The molecule has 2 unspecified atom stereocenters. The molecule has 0 radical (unpaired) electrons. The molecule has 1 aromatic carbocycles. The molecule has 1 aromatic rings. The summed E-state index contributed by atoms with van der Waals surface area (Å²) in [6.07, 6.45) is 2.49. The lowest BCUT2D eigenvalue weighted by molar-refractivity contribution is 0.114. The first-order chi connectivity index (χ1) is 9.61. The fourth-order valence-electron chi connectivity index (χ4n) is 2.40. The van der Waals surface area contributed by atoms with Crippen molar-refractivity contribution < 1.29 is 15.0 Å². The average Bonchev–Trinajstić information content (AvgIpc) is 2.49. The quantitative estimate of drug-likeness (QED) is 0.539. The first-order valence-corrected chi connectivity index (χ1v) is 6.85. The van der Waals surface area contributed by atoms with Gasteiger partial charge in [-0.1, -0.05) is 12.5 Å². The molecule has 2 amide bonds. The number of amides is 2. The Labute approximate surface area is 118 Å². The Balaban J connectivity index is 2.15. The Morgan fingerprint density at radius 2 is 2.25 bits per heavy atom. The molecule has 1 heterocycles. The van der Waals surface area contributed by atoms with Gasteiger partial charge in [-0.05, 0) is 37.1 Å². The van der Waals surface area contributed by atoms with E-state index in [1.54, 1.807) is 12.1 Å². The second kappa shape index (κ2) is 6.58. The lowest BCUT2D eigenvalue weighted by Gasteiger charge is -2.28. The van der Waals surface area contributed by atoms with Gasteiger partial charge in [0.05, 0.1) is 11.8 Å². The van der Waals surface area contributed by atoms with Gasteiger partial charge in [0.1, 0.15) is 5.75 Å². The van der Waals surface area contributed by atoms with Gasteiger partial charge in [0, 0.05) is 13.1 Å². The second-order valence-electron chi connectivity index (χ2n) is 4.98. The van der Waals surface area contributed by atoms with Crippen LogP contribution >= 0.6 is 0 Å². The van der Waals surface area contributed by atoms with E-state index in [1.807, 2.05) is 0 Å². The Morgan fingerprint density at radius 3 is 2.90 bits per heavy atom. The Kier molecular flexibility index (Phi) is 4.81. The minimum Gasteiger partial charge on any atom is -0.506 e. The molecule has 6 nitrogen and oxygen atoms in total. The van der Waals surface area contributed by atoms with Crippen molar-refractivity contribution in [1.29, 1.82) is 0 Å². The van der Waals surface area contributed by atoms with E-state index in [-0.39, 0.29) is 17.5 Å². The van der Waals surface area contributed by atoms with Crippen molar-refractivity contribution in [2.45, 2.75) is 31.4 Å². The van der Waals surface area contributed by atoms with Gasteiger partial charge < -0.3 is 26.2 Å². The molecule has 20 heavy (non-hydrogen) atoms. The number of phenolic OH excluding ortho intramolecular Hbond substituents is 1. The fraction of sp³-hybridized carbons (Fsp3) is 0.500. The van der Waals surface area contributed by atoms with Crippen molar-refractivity contribution in [1.82, 2.24) is 10.6 Å². The molecule has 6 heteroatoms. The largest absolute Gasteiger partial charge is 0.506 e. The first kappa shape index (κ1) is 14.6. The number of piperidine rings is 1. The van der Waals surface area contributed by atoms with Crippen molar-refractivity contribution >= 4 is 11.7 Å². The fourth-order valence-corrected chi connectivity index (χ4v) is 2.40. The standard InChI is InChI=1S/C14H21N3O3/c1-15-14(20)17-11-8-9(5-6-12(11)18)13(19)10-4-2-3-7-16-10/h5-6,8,10,13,16,18-19H,2-4,7H2,1H3,(H2,15,17,20). The number of aromatic hydroxyl groups is 1. The van der Waals surface area contributed by atoms with Gasteiger partial charge >= 0.3 is 6.03 Å². The Morgan fingerprint density at radius 1 is 1.45 bits per heavy atom. The van der Waals surface area contributed by atoms with Crippen LogP contribution < -0.4 is 16.0 Å². The van der Waals surface area contributed by atoms with E-state index >= 15 is 0 Å². The van der Waals surface area contributed by atoms with Crippen LogP contribution in [0.15, 0.2) is 18.2 Å². The summed E-state index contributed by atoms with van der Waals surface area (Å²) in [6, 6.07) is 4.35. The number of hydrogen-bond donors (Lipinski definition) is 5. The third-order valence-electron chi connectivity index (χ3n) is 3.57. The van der Waals surface area contributed by atoms with E-state index < -0.39 is 12.1 Å². The Bertz CT molecular complexity index is 473. The molecule has 2 rings (SSSR count). The molecule has 110 valence electrons. The van der Waals surface area contributed by atoms with E-state index in [0.29, 0.717) is 5.56 Å². The molecule has 2 atom stereocenters. The molecule has 1 saturated heterocycles. The topological polar surface area (TPSA) is 93.6 Å². The number of carbonyl (C=O) groups excluding carboxylic acids is 1. The molecule has 5 N–H and O–H groups in total. The van der Waals surface area contributed by atoms with Crippen molar-refractivity contribution in [2.24, 2.45) is 0 Å². The summed E-state index contributed by atoms with van der Waals surface area (Å²) in [5.74, 6) is -0.0267. The average molecular weight is 279 g/mol. The van der Waals surface area contributed by atoms with Crippen LogP contribution in [0.2, 0.25) is 0 Å². The molecular weight excluding hydrogens is 258 g/mol. The van der Waals surface area contributed by atoms with Crippen molar-refractivity contribution in [3.8, 4) is 5.75 Å². The van der Waals surface area contributed by atoms with Crippen molar-refractivity contribution in [3.63, 3.8) is 0 Å². The number of urea groups is 1. The van der Waals surface area contributed by atoms with Gasteiger partial charge in [0.15, 0.2) is 0 Å². The second-order valence-corrected chi connectivity index (χ2v) is 4.98. The summed E-state index contributed by atoms with van der Waals surface area (Å²) in [7, 11) is 1.50. The van der Waals surface area contributed by atoms with Crippen molar-refractivity contribution in [3.05, 3.63) is 23.8 Å². The summed E-state index contributed by atoms with van der Waals surface area (Å²) in [4.78, 5) is 11.3. The highest BCUT2D eigenvalue weighted by molar-refractivity contribution is 5.90. The zero-order chi connectivity index (χ0) is 14.5. The molecule has 1 aliphatic rings. The number of hydrogen-bond acceptors (Lipinski definition) is 4. The normalized spacial score (nSPS) is 20.2. The van der Waals surface area contributed by atoms with Gasteiger partial charge in [-0.15, -0.1) is 0 Å². The van der Waals surface area contributed by atoms with Crippen LogP contribution in [-0.4, -0.2) is 35.9 Å². The summed E-state index contributed by atoms with van der Waals surface area (Å²) in [6.45, 7) is 0.906. The maximum atomic E-state index is 11.3. The lowest BCUT2D eigenvalue weighted by Crippen LogP contribution is -2.38. The zero-order valence-electron chi connectivity index (χ0n) is 11.5. The maximum absolute atomic E-state index is 11.3. The molecule has 1 fully saturated rings. The van der Waals surface area contributed by atoms with Crippen LogP contribution in [0.1, 0.15) is 30.9 Å². The van der Waals surface area contributed by atoms with Crippen LogP contribution in [0.4, 0.5) is 10.5 Å². The predicted molar refractivity (Wildman–Crippen MR) is 76.8 cm³/mol. The lowest BCUT2D eigenvalue weighted by atomic mass is 9.94. The van der Waals surface area contributed by atoms with Gasteiger partial charge in [-0.25, -0.2) is 4.79 Å². The Hall–Kier alpha value is -1.79. The number of phenols is 1. The predicted octanol–water partition coefficient (Wildman–Crippen LogP) is 1.32. The monoisotopic (exact) mass is 279 g/mol. The zero-order valence-corrected chi connectivity index (χ0v) is 11.5. The number of nitrogens with one attached hydrogen (secondary N) is 3. The number of aliphatic hydroxyl groups excluding tert-OH is 1. The van der Waals surface area contributed by atoms with Crippen molar-refractivity contribution in [2.75, 3.05) is 18.9 Å². The van der Waals surface area contributed by atoms with E-state index in [9.17, 15) is 15.0 Å². The van der Waals surface area contributed by atoms with Crippen LogP contribution in [-0.2, 0) is 0 Å². The van der Waals surface area contributed by atoms with E-state index in [2.05, 4.69) is 16.0 Å². The third-order valence-corrected chi connectivity index (χ3v) is 3.57. The minimum atomic E-state index is -0.652. The summed E-state index contributed by atoms with van der Waals surface area (Å²) < 4.78 is 0. The molecule has 0 bridgehead atoms. The highest BCUT2D eigenvalue weighted by Crippen LogP contribution is 2.30. The third kappa shape index (κ3) is 3.40. The van der Waals surface area contributed by atoms with Crippen LogP contribution in [0.3, 0.4) is 0 Å². The minimum absolute atomic E-state index is 0.0149. The molecule has 0 saturated carbocycles. The molecular formula is C14H21N3O3. The van der Waals surface area contributed by atoms with Crippen LogP contribution in [0, 0.1) is 0 Å². The number of anilines is 1. The van der Waals surface area contributed by atoms with E-state index in [4.69, 9.17) is 0 Å². The molecule has 0 aromatic heterocycles. The molecule has 1 aliphatic heterocycles. The summed E-state index contributed by atoms with van der Waals surface area (Å²) in [5, 5.41) is 28.3. The number of aliphatic hydroxyl groups is 1.